The number of aryl methyl sites for hydroxylation is 3. The number of nitrogens with one attached hydrogen (secondary N) is 1. The van der Waals surface area contributed by atoms with Crippen molar-refractivity contribution in [2.75, 3.05) is 11.9 Å². The lowest BCUT2D eigenvalue weighted by molar-refractivity contribution is 0.242. The molecule has 8 nitrogen and oxygen atoms in total. The second-order valence-corrected chi connectivity index (χ2v) is 7.05. The van der Waals surface area contributed by atoms with E-state index in [2.05, 4.69) is 41.3 Å². The van der Waals surface area contributed by atoms with E-state index in [4.69, 9.17) is 0 Å². The van der Waals surface area contributed by atoms with Crippen molar-refractivity contribution in [1.82, 2.24) is 34.4 Å². The third-order valence-electron chi connectivity index (χ3n) is 4.74. The van der Waals surface area contributed by atoms with Gasteiger partial charge in [-0.25, -0.2) is 19.9 Å². The highest BCUT2D eigenvalue weighted by Crippen LogP contribution is 2.35. The van der Waals surface area contributed by atoms with Gasteiger partial charge in [-0.3, -0.25) is 9.88 Å². The summed E-state index contributed by atoms with van der Waals surface area (Å²) in [6.07, 6.45) is 9.54. The highest BCUT2D eigenvalue weighted by atomic mass is 15.2. The maximum atomic E-state index is 4.65. The monoisotopic (exact) mass is 364 g/mol. The molecule has 3 aromatic rings. The van der Waals surface area contributed by atoms with Gasteiger partial charge in [0.25, 0.3) is 0 Å². The molecule has 4 heterocycles. The van der Waals surface area contributed by atoms with Crippen LogP contribution in [0.25, 0.3) is 0 Å². The van der Waals surface area contributed by atoms with Crippen LogP contribution in [-0.2, 0) is 13.6 Å². The molecule has 1 aliphatic rings. The summed E-state index contributed by atoms with van der Waals surface area (Å²) in [5.74, 6) is 1.28. The van der Waals surface area contributed by atoms with Gasteiger partial charge in [-0.2, -0.15) is 0 Å². The lowest BCUT2D eigenvalue weighted by Crippen LogP contribution is -2.24. The molecule has 0 spiro atoms. The van der Waals surface area contributed by atoms with Crippen molar-refractivity contribution in [3.05, 3.63) is 53.8 Å². The third-order valence-corrected chi connectivity index (χ3v) is 4.74. The van der Waals surface area contributed by atoms with E-state index in [-0.39, 0.29) is 6.04 Å². The Morgan fingerprint density at radius 3 is 2.63 bits per heavy atom. The number of hydrogen-bond donors (Lipinski definition) is 1. The summed E-state index contributed by atoms with van der Waals surface area (Å²) in [6, 6.07) is 2.16. The van der Waals surface area contributed by atoms with Crippen LogP contribution in [0.2, 0.25) is 0 Å². The maximum absolute atomic E-state index is 4.65. The van der Waals surface area contributed by atoms with E-state index < -0.39 is 0 Å². The first-order valence-corrected chi connectivity index (χ1v) is 9.19. The second-order valence-electron chi connectivity index (χ2n) is 7.05. The van der Waals surface area contributed by atoms with Gasteiger partial charge >= 0.3 is 0 Å². The van der Waals surface area contributed by atoms with Crippen molar-refractivity contribution < 1.29 is 0 Å². The number of hydrogen-bond acceptors (Lipinski definition) is 7. The lowest BCUT2D eigenvalue weighted by Gasteiger charge is -2.24. The van der Waals surface area contributed by atoms with Crippen LogP contribution in [0.3, 0.4) is 0 Å². The SMILES string of the molecule is Cc1cc(C)nc(Nc2nccnc2[C@@H]2CCCN2Cc2cn(C)cn2)n1. The largest absolute Gasteiger partial charge is 0.340 e. The fraction of sp³-hybridized carbons (Fsp3) is 0.421. The fourth-order valence-corrected chi connectivity index (χ4v) is 3.66. The normalized spacial score (nSPS) is 17.4. The number of rotatable bonds is 5. The predicted octanol–water partition coefficient (Wildman–Crippen LogP) is 2.70. The van der Waals surface area contributed by atoms with Crippen LogP contribution in [0.1, 0.15) is 41.7 Å². The van der Waals surface area contributed by atoms with Crippen LogP contribution in [0, 0.1) is 13.8 Å². The molecule has 1 aliphatic heterocycles. The van der Waals surface area contributed by atoms with Crippen molar-refractivity contribution in [3.8, 4) is 0 Å². The fourth-order valence-electron chi connectivity index (χ4n) is 3.66. The molecule has 3 aromatic heterocycles. The quantitative estimate of drug-likeness (QED) is 0.745. The van der Waals surface area contributed by atoms with E-state index in [0.717, 1.165) is 54.5 Å². The Morgan fingerprint density at radius 1 is 1.11 bits per heavy atom. The number of anilines is 2. The van der Waals surface area contributed by atoms with E-state index >= 15 is 0 Å². The van der Waals surface area contributed by atoms with Crippen LogP contribution in [0.5, 0.6) is 0 Å². The molecule has 140 valence electrons. The Labute approximate surface area is 158 Å². The Bertz CT molecular complexity index is 915. The topological polar surface area (TPSA) is 84.7 Å². The number of aromatic nitrogens is 6. The number of likely N-dealkylation sites (tertiary alicyclic amines) is 1. The standard InChI is InChI=1S/C19H24N8/c1-13-9-14(2)24-19(23-13)25-18-17(20-6-7-21-18)16-5-4-8-27(16)11-15-10-26(3)12-22-15/h6-7,9-10,12,16H,4-5,8,11H2,1-3H3,(H,21,23,24,25)/t16-/m0/s1. The van der Waals surface area contributed by atoms with Crippen molar-refractivity contribution in [2.45, 2.75) is 39.3 Å². The summed E-state index contributed by atoms with van der Waals surface area (Å²) in [7, 11) is 1.99. The first-order chi connectivity index (χ1) is 13.1. The van der Waals surface area contributed by atoms with E-state index in [9.17, 15) is 0 Å². The summed E-state index contributed by atoms with van der Waals surface area (Å²) >= 11 is 0. The predicted molar refractivity (Wildman–Crippen MR) is 102 cm³/mol. The first kappa shape index (κ1) is 17.5. The summed E-state index contributed by atoms with van der Waals surface area (Å²) in [6.45, 7) is 5.75. The summed E-state index contributed by atoms with van der Waals surface area (Å²) in [4.78, 5) is 25.0. The van der Waals surface area contributed by atoms with Gasteiger partial charge in [-0.05, 0) is 39.3 Å². The van der Waals surface area contributed by atoms with Gasteiger partial charge in [-0.1, -0.05) is 0 Å². The van der Waals surface area contributed by atoms with Crippen molar-refractivity contribution in [1.29, 1.82) is 0 Å². The Hall–Kier alpha value is -2.87. The molecule has 0 aliphatic carbocycles. The van der Waals surface area contributed by atoms with Crippen molar-refractivity contribution >= 4 is 11.8 Å². The molecule has 1 atom stereocenters. The minimum absolute atomic E-state index is 0.203. The van der Waals surface area contributed by atoms with Crippen LogP contribution >= 0.6 is 0 Å². The molecule has 27 heavy (non-hydrogen) atoms. The molecular formula is C19H24N8. The van der Waals surface area contributed by atoms with Crippen LogP contribution < -0.4 is 5.32 Å². The summed E-state index contributed by atoms with van der Waals surface area (Å²) in [5, 5.41) is 3.28. The van der Waals surface area contributed by atoms with Crippen LogP contribution in [0.15, 0.2) is 31.0 Å². The van der Waals surface area contributed by atoms with Crippen molar-refractivity contribution in [2.24, 2.45) is 7.05 Å². The maximum Gasteiger partial charge on any atom is 0.228 e. The van der Waals surface area contributed by atoms with Gasteiger partial charge in [0.05, 0.1) is 18.1 Å². The number of nitrogens with zero attached hydrogens (tertiary/aromatic N) is 7. The second kappa shape index (κ2) is 7.40. The molecule has 0 amide bonds. The molecule has 0 aromatic carbocycles. The zero-order valence-electron chi connectivity index (χ0n) is 15.9. The highest BCUT2D eigenvalue weighted by molar-refractivity contribution is 5.52. The zero-order valence-corrected chi connectivity index (χ0v) is 15.9. The average Bonchev–Trinajstić information content (AvgIpc) is 3.24. The van der Waals surface area contributed by atoms with Crippen molar-refractivity contribution in [3.63, 3.8) is 0 Å². The van der Waals surface area contributed by atoms with Gasteiger partial charge < -0.3 is 9.88 Å². The van der Waals surface area contributed by atoms with Gasteiger partial charge in [0.15, 0.2) is 5.82 Å². The zero-order chi connectivity index (χ0) is 18.8. The van der Waals surface area contributed by atoms with Crippen LogP contribution in [0.4, 0.5) is 11.8 Å². The number of imidazole rings is 1. The van der Waals surface area contributed by atoms with E-state index in [1.807, 2.05) is 37.9 Å². The molecule has 0 radical (unpaired) electrons. The average molecular weight is 364 g/mol. The molecule has 4 rings (SSSR count). The smallest absolute Gasteiger partial charge is 0.228 e. The molecular weight excluding hydrogens is 340 g/mol. The minimum Gasteiger partial charge on any atom is -0.340 e. The summed E-state index contributed by atoms with van der Waals surface area (Å²) in [5.41, 5.74) is 3.86. The third kappa shape index (κ3) is 3.95. The summed E-state index contributed by atoms with van der Waals surface area (Å²) < 4.78 is 1.98. The van der Waals surface area contributed by atoms with Gasteiger partial charge in [0.1, 0.15) is 5.69 Å². The van der Waals surface area contributed by atoms with E-state index in [1.54, 1.807) is 12.4 Å². The van der Waals surface area contributed by atoms with E-state index in [1.165, 1.54) is 0 Å². The molecule has 1 N–H and O–H groups in total. The Balaban J connectivity index is 1.59. The molecule has 1 fully saturated rings. The van der Waals surface area contributed by atoms with E-state index in [0.29, 0.717) is 5.95 Å². The molecule has 1 saturated heterocycles. The van der Waals surface area contributed by atoms with Gasteiger partial charge in [0.2, 0.25) is 5.95 Å². The molecule has 8 heteroatoms. The lowest BCUT2D eigenvalue weighted by atomic mass is 10.1. The molecule has 0 saturated carbocycles. The molecule has 0 bridgehead atoms. The van der Waals surface area contributed by atoms with Gasteiger partial charge in [-0.15, -0.1) is 0 Å². The highest BCUT2D eigenvalue weighted by Gasteiger charge is 2.30. The minimum atomic E-state index is 0.203. The Morgan fingerprint density at radius 2 is 1.89 bits per heavy atom. The van der Waals surface area contributed by atoms with Gasteiger partial charge in [0, 0.05) is 43.6 Å². The van der Waals surface area contributed by atoms with Crippen LogP contribution in [-0.4, -0.2) is 40.9 Å². The Kier molecular flexibility index (Phi) is 4.81. The molecule has 0 unspecified atom stereocenters. The first-order valence-electron chi connectivity index (χ1n) is 9.19.